The molecule has 4 nitrogen and oxygen atoms in total. The van der Waals surface area contributed by atoms with E-state index in [0.717, 1.165) is 5.56 Å². The minimum absolute atomic E-state index is 0.0749. The molecule has 1 unspecified atom stereocenters. The Morgan fingerprint density at radius 3 is 2.52 bits per heavy atom. The first-order valence-corrected chi connectivity index (χ1v) is 7.87. The summed E-state index contributed by atoms with van der Waals surface area (Å²) >= 11 is 0. The van der Waals surface area contributed by atoms with Crippen LogP contribution in [0.5, 0.6) is 0 Å². The summed E-state index contributed by atoms with van der Waals surface area (Å²) in [5, 5.41) is 4.16. The quantitative estimate of drug-likeness (QED) is 0.855. The van der Waals surface area contributed by atoms with E-state index in [0.29, 0.717) is 13.1 Å². The minimum Gasteiger partial charge on any atom is -0.341 e. The van der Waals surface area contributed by atoms with E-state index in [9.17, 15) is 18.0 Å². The van der Waals surface area contributed by atoms with E-state index >= 15 is 0 Å². The average Bonchev–Trinajstić information content (AvgIpc) is 2.97. The van der Waals surface area contributed by atoms with Crippen molar-refractivity contribution in [2.75, 3.05) is 13.1 Å². The van der Waals surface area contributed by atoms with Crippen LogP contribution in [0.3, 0.4) is 0 Å². The smallest absolute Gasteiger partial charge is 0.341 e. The van der Waals surface area contributed by atoms with Gasteiger partial charge in [-0.2, -0.15) is 18.3 Å². The van der Waals surface area contributed by atoms with E-state index in [4.69, 9.17) is 0 Å². The van der Waals surface area contributed by atoms with Gasteiger partial charge in [-0.3, -0.25) is 9.48 Å². The number of amides is 1. The summed E-state index contributed by atoms with van der Waals surface area (Å²) in [6.45, 7) is 5.05. The van der Waals surface area contributed by atoms with Gasteiger partial charge in [0.2, 0.25) is 5.91 Å². The molecule has 2 fully saturated rings. The fourth-order valence-electron chi connectivity index (χ4n) is 3.61. The van der Waals surface area contributed by atoms with Crippen molar-refractivity contribution in [1.82, 2.24) is 14.7 Å². The van der Waals surface area contributed by atoms with Crippen LogP contribution in [0.4, 0.5) is 13.2 Å². The molecule has 2 heterocycles. The molecule has 1 aliphatic heterocycles. The molecule has 1 aliphatic carbocycles. The van der Waals surface area contributed by atoms with Crippen LogP contribution in [-0.4, -0.2) is 39.9 Å². The summed E-state index contributed by atoms with van der Waals surface area (Å²) in [5.41, 5.74) is -0.904. The second-order valence-electron chi connectivity index (χ2n) is 7.72. The number of hydrogen-bond donors (Lipinski definition) is 0. The normalized spacial score (nSPS) is 25.7. The van der Waals surface area contributed by atoms with Crippen molar-refractivity contribution in [2.24, 2.45) is 17.9 Å². The fraction of sp³-hybridized carbons (Fsp3) is 0.750. The van der Waals surface area contributed by atoms with Gasteiger partial charge in [-0.25, -0.2) is 0 Å². The molecule has 0 bridgehead atoms. The number of rotatable bonds is 3. The molecule has 0 aromatic carbocycles. The van der Waals surface area contributed by atoms with E-state index in [-0.39, 0.29) is 30.1 Å². The summed E-state index contributed by atoms with van der Waals surface area (Å²) < 4.78 is 40.9. The first-order valence-electron chi connectivity index (χ1n) is 7.87. The molecule has 1 aromatic heterocycles. The molecule has 1 saturated heterocycles. The number of alkyl halides is 3. The van der Waals surface area contributed by atoms with Crippen molar-refractivity contribution in [3.8, 4) is 0 Å². The SMILES string of the molecule is Cn1cc(C2CN(C(=O)CC3(C(F)(F)F)CC3)CC2(C)C)cn1. The van der Waals surface area contributed by atoms with E-state index in [2.05, 4.69) is 18.9 Å². The highest BCUT2D eigenvalue weighted by Gasteiger charge is 2.64. The topological polar surface area (TPSA) is 38.1 Å². The van der Waals surface area contributed by atoms with Crippen molar-refractivity contribution >= 4 is 5.91 Å². The van der Waals surface area contributed by atoms with Crippen LogP contribution < -0.4 is 0 Å². The summed E-state index contributed by atoms with van der Waals surface area (Å²) in [4.78, 5) is 14.0. The largest absolute Gasteiger partial charge is 0.395 e. The maximum absolute atomic E-state index is 13.1. The Morgan fingerprint density at radius 2 is 2.04 bits per heavy atom. The molecular formula is C16H22F3N3O. The van der Waals surface area contributed by atoms with Crippen molar-refractivity contribution in [1.29, 1.82) is 0 Å². The molecule has 7 heteroatoms. The number of carbonyl (C=O) groups is 1. The predicted octanol–water partition coefficient (Wildman–Crippen LogP) is 3.10. The summed E-state index contributed by atoms with van der Waals surface area (Å²) in [5.74, 6) is -0.277. The standard InChI is InChI=1S/C16H22F3N3O/c1-14(2)10-22(9-12(14)11-7-20-21(3)8-11)13(23)6-15(4-5-15)16(17,18)19/h7-8,12H,4-6,9-10H2,1-3H3. The number of aromatic nitrogens is 2. The van der Waals surface area contributed by atoms with Gasteiger partial charge in [0.1, 0.15) is 0 Å². The van der Waals surface area contributed by atoms with Gasteiger partial charge in [0.25, 0.3) is 0 Å². The molecule has 23 heavy (non-hydrogen) atoms. The zero-order chi connectivity index (χ0) is 17.0. The highest BCUT2D eigenvalue weighted by Crippen LogP contribution is 2.60. The Balaban J connectivity index is 1.72. The van der Waals surface area contributed by atoms with E-state index in [1.807, 2.05) is 13.2 Å². The second kappa shape index (κ2) is 4.98. The first kappa shape index (κ1) is 16.3. The third-order valence-corrected chi connectivity index (χ3v) is 5.37. The van der Waals surface area contributed by atoms with Crippen molar-refractivity contribution < 1.29 is 18.0 Å². The molecule has 1 saturated carbocycles. The third kappa shape index (κ3) is 2.85. The van der Waals surface area contributed by atoms with Crippen LogP contribution in [0.2, 0.25) is 0 Å². The van der Waals surface area contributed by atoms with Gasteiger partial charge < -0.3 is 4.90 Å². The Morgan fingerprint density at radius 1 is 1.39 bits per heavy atom. The monoisotopic (exact) mass is 329 g/mol. The van der Waals surface area contributed by atoms with Crippen molar-refractivity contribution in [2.45, 2.75) is 45.2 Å². The Kier molecular flexibility index (Phi) is 3.54. The molecule has 1 aromatic rings. The van der Waals surface area contributed by atoms with Gasteiger partial charge in [-0.15, -0.1) is 0 Å². The summed E-state index contributed by atoms with van der Waals surface area (Å²) in [6.07, 6.45) is -0.846. The zero-order valence-electron chi connectivity index (χ0n) is 13.7. The molecule has 3 rings (SSSR count). The Labute approximate surface area is 133 Å². The lowest BCUT2D eigenvalue weighted by Crippen LogP contribution is -2.36. The molecule has 0 radical (unpaired) electrons. The van der Waals surface area contributed by atoms with E-state index < -0.39 is 18.0 Å². The highest BCUT2D eigenvalue weighted by atomic mass is 19.4. The van der Waals surface area contributed by atoms with Crippen LogP contribution in [0.15, 0.2) is 12.4 Å². The Bertz CT molecular complexity index is 616. The molecule has 1 atom stereocenters. The number of halogens is 3. The molecule has 0 spiro atoms. The lowest BCUT2D eigenvalue weighted by Gasteiger charge is -2.25. The maximum atomic E-state index is 13.1. The third-order valence-electron chi connectivity index (χ3n) is 5.37. The first-order chi connectivity index (χ1) is 10.5. The Hall–Kier alpha value is -1.53. The lowest BCUT2D eigenvalue weighted by atomic mass is 9.79. The van der Waals surface area contributed by atoms with Gasteiger partial charge in [-0.1, -0.05) is 13.8 Å². The van der Waals surface area contributed by atoms with Gasteiger partial charge in [0.15, 0.2) is 0 Å². The molecular weight excluding hydrogens is 307 g/mol. The summed E-state index contributed by atoms with van der Waals surface area (Å²) in [6, 6.07) is 0. The number of carbonyl (C=O) groups excluding carboxylic acids is 1. The van der Waals surface area contributed by atoms with Crippen LogP contribution in [0.25, 0.3) is 0 Å². The van der Waals surface area contributed by atoms with Crippen molar-refractivity contribution in [3.63, 3.8) is 0 Å². The van der Waals surface area contributed by atoms with E-state index in [1.165, 1.54) is 0 Å². The van der Waals surface area contributed by atoms with Crippen LogP contribution in [0.1, 0.15) is 44.6 Å². The van der Waals surface area contributed by atoms with Gasteiger partial charge in [0.05, 0.1) is 11.6 Å². The lowest BCUT2D eigenvalue weighted by molar-refractivity contribution is -0.192. The second-order valence-corrected chi connectivity index (χ2v) is 7.72. The zero-order valence-corrected chi connectivity index (χ0v) is 13.7. The minimum atomic E-state index is -4.28. The molecule has 2 aliphatic rings. The van der Waals surface area contributed by atoms with Gasteiger partial charge >= 0.3 is 6.18 Å². The average molecular weight is 329 g/mol. The number of nitrogens with zero attached hydrogens (tertiary/aromatic N) is 3. The fourth-order valence-corrected chi connectivity index (χ4v) is 3.61. The molecule has 0 N–H and O–H groups in total. The predicted molar refractivity (Wildman–Crippen MR) is 78.6 cm³/mol. The summed E-state index contributed by atoms with van der Waals surface area (Å²) in [7, 11) is 1.83. The van der Waals surface area contributed by atoms with Crippen LogP contribution >= 0.6 is 0 Å². The number of hydrogen-bond acceptors (Lipinski definition) is 2. The van der Waals surface area contributed by atoms with Gasteiger partial charge in [0, 0.05) is 38.7 Å². The molecule has 1 amide bonds. The maximum Gasteiger partial charge on any atom is 0.395 e. The number of aryl methyl sites for hydroxylation is 1. The van der Waals surface area contributed by atoms with Crippen LogP contribution in [0, 0.1) is 10.8 Å². The molecule has 128 valence electrons. The van der Waals surface area contributed by atoms with Crippen LogP contribution in [-0.2, 0) is 11.8 Å². The van der Waals surface area contributed by atoms with E-state index in [1.54, 1.807) is 15.8 Å². The van der Waals surface area contributed by atoms with Crippen molar-refractivity contribution in [3.05, 3.63) is 18.0 Å². The van der Waals surface area contributed by atoms with Gasteiger partial charge in [-0.05, 0) is 23.8 Å². The number of likely N-dealkylation sites (tertiary alicyclic amines) is 1. The highest BCUT2D eigenvalue weighted by molar-refractivity contribution is 5.78.